The molecule has 112 valence electrons. The third-order valence-electron chi connectivity index (χ3n) is 3.64. The molecule has 3 aromatic heterocycles. The number of anilines is 1. The van der Waals surface area contributed by atoms with Crippen molar-refractivity contribution in [2.45, 2.75) is 33.1 Å². The van der Waals surface area contributed by atoms with Crippen molar-refractivity contribution in [3.05, 3.63) is 33.8 Å². The zero-order valence-electron chi connectivity index (χ0n) is 12.3. The molecule has 0 unspecified atom stereocenters. The maximum atomic E-state index is 12.3. The number of aryl methyl sites for hydroxylation is 4. The Morgan fingerprint density at radius 2 is 2.14 bits per heavy atom. The first-order chi connectivity index (χ1) is 10.6. The molecule has 0 bridgehead atoms. The van der Waals surface area contributed by atoms with Gasteiger partial charge >= 0.3 is 0 Å². The van der Waals surface area contributed by atoms with Gasteiger partial charge in [-0.05, 0) is 39.2 Å². The van der Waals surface area contributed by atoms with Crippen LogP contribution in [0.15, 0.2) is 6.07 Å². The van der Waals surface area contributed by atoms with Crippen LogP contribution in [0, 0.1) is 13.8 Å². The summed E-state index contributed by atoms with van der Waals surface area (Å²) in [4.78, 5) is 26.5. The molecular weight excluding hydrogens is 300 g/mol. The number of nitrogens with one attached hydrogen (secondary N) is 1. The summed E-state index contributed by atoms with van der Waals surface area (Å²) >= 11 is 1.54. The van der Waals surface area contributed by atoms with E-state index in [9.17, 15) is 4.79 Å². The molecule has 1 amide bonds. The third kappa shape index (κ3) is 2.16. The standard InChI is InChI=1S/C14H14N6OS/c1-7-6-8(2)20-13(15-7)17-11(19-20)12(21)18-14-16-9-4-3-5-10(9)22-14/h6H,3-5H2,1-2H3,(H,16,18,21). The molecule has 0 saturated heterocycles. The van der Waals surface area contributed by atoms with Gasteiger partial charge in [-0.1, -0.05) is 0 Å². The molecule has 0 fully saturated rings. The van der Waals surface area contributed by atoms with Crippen LogP contribution in [0.25, 0.3) is 5.78 Å². The van der Waals surface area contributed by atoms with Crippen LogP contribution in [0.1, 0.15) is 39.0 Å². The molecule has 22 heavy (non-hydrogen) atoms. The van der Waals surface area contributed by atoms with Crippen LogP contribution in [0.2, 0.25) is 0 Å². The number of carbonyl (C=O) groups is 1. The highest BCUT2D eigenvalue weighted by Gasteiger charge is 2.20. The van der Waals surface area contributed by atoms with E-state index < -0.39 is 0 Å². The topological polar surface area (TPSA) is 85.1 Å². The van der Waals surface area contributed by atoms with Gasteiger partial charge in [-0.15, -0.1) is 16.4 Å². The summed E-state index contributed by atoms with van der Waals surface area (Å²) in [7, 11) is 0. The molecule has 0 atom stereocenters. The number of amides is 1. The van der Waals surface area contributed by atoms with Crippen LogP contribution in [-0.4, -0.2) is 30.5 Å². The average molecular weight is 314 g/mol. The maximum absolute atomic E-state index is 12.3. The van der Waals surface area contributed by atoms with Crippen molar-refractivity contribution < 1.29 is 4.79 Å². The van der Waals surface area contributed by atoms with Gasteiger partial charge in [-0.2, -0.15) is 4.98 Å². The first kappa shape index (κ1) is 13.3. The fourth-order valence-electron chi connectivity index (χ4n) is 2.66. The number of fused-ring (bicyclic) bond motifs is 2. The Kier molecular flexibility index (Phi) is 2.93. The van der Waals surface area contributed by atoms with E-state index in [2.05, 4.69) is 25.4 Å². The van der Waals surface area contributed by atoms with Gasteiger partial charge in [0.1, 0.15) is 0 Å². The van der Waals surface area contributed by atoms with E-state index in [0.29, 0.717) is 10.9 Å². The molecule has 4 rings (SSSR count). The number of rotatable bonds is 2. The molecule has 0 aliphatic heterocycles. The maximum Gasteiger partial charge on any atom is 0.297 e. The van der Waals surface area contributed by atoms with Crippen molar-refractivity contribution in [2.24, 2.45) is 0 Å². The summed E-state index contributed by atoms with van der Waals surface area (Å²) in [5, 5.41) is 7.63. The first-order valence-corrected chi connectivity index (χ1v) is 7.93. The number of aromatic nitrogens is 5. The average Bonchev–Trinajstić information content (AvgIpc) is 3.11. The summed E-state index contributed by atoms with van der Waals surface area (Å²) < 4.78 is 1.57. The van der Waals surface area contributed by atoms with E-state index in [1.165, 1.54) is 16.2 Å². The molecule has 7 nitrogen and oxygen atoms in total. The van der Waals surface area contributed by atoms with Crippen LogP contribution in [0.4, 0.5) is 5.13 Å². The summed E-state index contributed by atoms with van der Waals surface area (Å²) in [5.41, 5.74) is 2.85. The second kappa shape index (κ2) is 4.84. The predicted octanol–water partition coefficient (Wildman–Crippen LogP) is 1.94. The van der Waals surface area contributed by atoms with Gasteiger partial charge in [0, 0.05) is 16.3 Å². The summed E-state index contributed by atoms with van der Waals surface area (Å²) in [6.45, 7) is 3.79. The number of carbonyl (C=O) groups excluding carboxylic acids is 1. The molecule has 1 N–H and O–H groups in total. The van der Waals surface area contributed by atoms with Crippen LogP contribution < -0.4 is 5.32 Å². The fourth-order valence-corrected chi connectivity index (χ4v) is 3.70. The zero-order valence-corrected chi connectivity index (χ0v) is 13.1. The minimum absolute atomic E-state index is 0.108. The lowest BCUT2D eigenvalue weighted by Gasteiger charge is -1.97. The molecule has 0 radical (unpaired) electrons. The van der Waals surface area contributed by atoms with Crippen molar-refractivity contribution in [3.8, 4) is 0 Å². The van der Waals surface area contributed by atoms with E-state index in [-0.39, 0.29) is 11.7 Å². The minimum atomic E-state index is -0.352. The Morgan fingerprint density at radius 3 is 2.95 bits per heavy atom. The van der Waals surface area contributed by atoms with E-state index in [0.717, 1.165) is 36.3 Å². The Morgan fingerprint density at radius 1 is 1.27 bits per heavy atom. The molecule has 0 aromatic carbocycles. The van der Waals surface area contributed by atoms with Crippen molar-refractivity contribution in [2.75, 3.05) is 5.32 Å². The van der Waals surface area contributed by atoms with Gasteiger partial charge in [0.2, 0.25) is 5.82 Å². The van der Waals surface area contributed by atoms with E-state index >= 15 is 0 Å². The number of nitrogens with zero attached hydrogens (tertiary/aromatic N) is 5. The SMILES string of the molecule is Cc1cc(C)n2nc(C(=O)Nc3nc4c(s3)CCC4)nc2n1. The fraction of sp³-hybridized carbons (Fsp3) is 0.357. The highest BCUT2D eigenvalue weighted by atomic mass is 32.1. The van der Waals surface area contributed by atoms with Crippen LogP contribution in [0.5, 0.6) is 0 Å². The summed E-state index contributed by atoms with van der Waals surface area (Å²) in [5.74, 6) is 0.191. The predicted molar refractivity (Wildman–Crippen MR) is 82.3 cm³/mol. The molecular formula is C14H14N6OS. The highest BCUT2D eigenvalue weighted by Crippen LogP contribution is 2.30. The number of hydrogen-bond acceptors (Lipinski definition) is 6. The molecule has 3 aromatic rings. The molecule has 0 spiro atoms. The van der Waals surface area contributed by atoms with Crippen molar-refractivity contribution >= 4 is 28.2 Å². The Labute approximate surface area is 130 Å². The smallest absolute Gasteiger partial charge is 0.295 e. The monoisotopic (exact) mass is 314 g/mol. The Hall–Kier alpha value is -2.35. The van der Waals surface area contributed by atoms with Gasteiger partial charge in [0.05, 0.1) is 5.69 Å². The third-order valence-corrected chi connectivity index (χ3v) is 4.71. The largest absolute Gasteiger partial charge is 0.297 e. The number of hydrogen-bond donors (Lipinski definition) is 1. The summed E-state index contributed by atoms with van der Waals surface area (Å²) in [6.07, 6.45) is 3.20. The van der Waals surface area contributed by atoms with Gasteiger partial charge < -0.3 is 0 Å². The lowest BCUT2D eigenvalue weighted by molar-refractivity contribution is 0.101. The van der Waals surface area contributed by atoms with Gasteiger partial charge in [0.25, 0.3) is 11.7 Å². The van der Waals surface area contributed by atoms with Crippen molar-refractivity contribution in [1.82, 2.24) is 24.6 Å². The Bertz CT molecular complexity index is 875. The first-order valence-electron chi connectivity index (χ1n) is 7.11. The van der Waals surface area contributed by atoms with Crippen LogP contribution in [-0.2, 0) is 12.8 Å². The van der Waals surface area contributed by atoms with E-state index in [1.54, 1.807) is 4.52 Å². The zero-order chi connectivity index (χ0) is 15.3. The lowest BCUT2D eigenvalue weighted by Crippen LogP contribution is -2.14. The normalized spacial score (nSPS) is 13.5. The molecule has 0 saturated carbocycles. The Balaban J connectivity index is 1.63. The van der Waals surface area contributed by atoms with E-state index in [4.69, 9.17) is 0 Å². The van der Waals surface area contributed by atoms with Crippen LogP contribution >= 0.6 is 11.3 Å². The van der Waals surface area contributed by atoms with Crippen LogP contribution in [0.3, 0.4) is 0 Å². The molecule has 3 heterocycles. The van der Waals surface area contributed by atoms with Gasteiger partial charge in [-0.25, -0.2) is 14.5 Å². The summed E-state index contributed by atoms with van der Waals surface area (Å²) in [6, 6.07) is 1.90. The van der Waals surface area contributed by atoms with Gasteiger partial charge in [-0.3, -0.25) is 10.1 Å². The second-order valence-electron chi connectivity index (χ2n) is 5.38. The minimum Gasteiger partial charge on any atom is -0.295 e. The highest BCUT2D eigenvalue weighted by molar-refractivity contribution is 7.15. The van der Waals surface area contributed by atoms with Crippen molar-refractivity contribution in [3.63, 3.8) is 0 Å². The molecule has 1 aliphatic rings. The molecule has 1 aliphatic carbocycles. The van der Waals surface area contributed by atoms with Crippen molar-refractivity contribution in [1.29, 1.82) is 0 Å². The number of thiazole rings is 1. The second-order valence-corrected chi connectivity index (χ2v) is 6.47. The lowest BCUT2D eigenvalue weighted by atomic mass is 10.4. The van der Waals surface area contributed by atoms with E-state index in [1.807, 2.05) is 19.9 Å². The molecule has 8 heteroatoms. The quantitative estimate of drug-likeness (QED) is 0.781. The van der Waals surface area contributed by atoms with Gasteiger partial charge in [0.15, 0.2) is 5.13 Å².